The summed E-state index contributed by atoms with van der Waals surface area (Å²) in [5, 5.41) is 10.1. The molecule has 0 unspecified atom stereocenters. The second-order valence-electron chi connectivity index (χ2n) is 3.25. The normalized spacial score (nSPS) is 21.1. The predicted octanol–water partition coefficient (Wildman–Crippen LogP) is 0.155. The fraction of sp³-hybridized carbons (Fsp3) is 0.667. The number of hydrogen-bond acceptors (Lipinski definition) is 5. The number of amides is 1. The lowest BCUT2D eigenvalue weighted by Gasteiger charge is -2.15. The van der Waals surface area contributed by atoms with Crippen LogP contribution in [0.3, 0.4) is 0 Å². The van der Waals surface area contributed by atoms with E-state index in [1.807, 2.05) is 6.92 Å². The van der Waals surface area contributed by atoms with Gasteiger partial charge in [-0.25, -0.2) is 0 Å². The predicted molar refractivity (Wildman–Crippen MR) is 60.2 cm³/mol. The Morgan fingerprint density at radius 3 is 2.80 bits per heavy atom. The first-order valence-electron chi connectivity index (χ1n) is 4.78. The molecule has 0 radical (unpaired) electrons. The van der Waals surface area contributed by atoms with Crippen LogP contribution in [0.1, 0.15) is 26.2 Å². The second-order valence-corrected chi connectivity index (χ2v) is 5.08. The van der Waals surface area contributed by atoms with Crippen LogP contribution in [0.25, 0.3) is 0 Å². The molecule has 0 aromatic carbocycles. The average molecular weight is 246 g/mol. The van der Waals surface area contributed by atoms with Crippen molar-refractivity contribution in [1.29, 1.82) is 0 Å². The van der Waals surface area contributed by atoms with Crippen LogP contribution in [0.4, 0.5) is 0 Å². The molecule has 1 amide bonds. The van der Waals surface area contributed by atoms with Crippen LogP contribution < -0.4 is 5.11 Å². The number of carbonyl (C=O) groups is 2. The molecule has 1 aliphatic heterocycles. The maximum atomic E-state index is 11.7. The minimum atomic E-state index is -1.09. The number of thioether (sulfide) groups is 1. The lowest BCUT2D eigenvalue weighted by Crippen LogP contribution is -2.33. The second kappa shape index (κ2) is 5.46. The maximum Gasteiger partial charge on any atom is 0.241 e. The molecule has 1 aliphatic rings. The minimum Gasteiger partial charge on any atom is -0.550 e. The van der Waals surface area contributed by atoms with Gasteiger partial charge in [0, 0.05) is 12.5 Å². The number of carboxylic acids is 1. The zero-order valence-corrected chi connectivity index (χ0v) is 10.0. The molecule has 6 heteroatoms. The number of hydrogen-bond donors (Lipinski definition) is 0. The van der Waals surface area contributed by atoms with Crippen molar-refractivity contribution in [3.05, 3.63) is 0 Å². The third-order valence-electron chi connectivity index (χ3n) is 2.14. The zero-order valence-electron chi connectivity index (χ0n) is 8.39. The van der Waals surface area contributed by atoms with E-state index in [1.165, 1.54) is 16.7 Å². The highest BCUT2D eigenvalue weighted by molar-refractivity contribution is 8.24. The third kappa shape index (κ3) is 3.17. The van der Waals surface area contributed by atoms with Gasteiger partial charge in [-0.15, -0.1) is 0 Å². The largest absolute Gasteiger partial charge is 0.550 e. The lowest BCUT2D eigenvalue weighted by atomic mass is 10.2. The van der Waals surface area contributed by atoms with Gasteiger partial charge in [0.15, 0.2) is 0 Å². The van der Waals surface area contributed by atoms with Gasteiger partial charge in [-0.3, -0.25) is 9.69 Å². The summed E-state index contributed by atoms with van der Waals surface area (Å²) in [4.78, 5) is 23.4. The Bertz CT molecular complexity index is 293. The van der Waals surface area contributed by atoms with Gasteiger partial charge >= 0.3 is 0 Å². The molecule has 4 nitrogen and oxygen atoms in total. The Morgan fingerprint density at radius 1 is 1.67 bits per heavy atom. The van der Waals surface area contributed by atoms with Crippen LogP contribution in [0, 0.1) is 0 Å². The van der Waals surface area contributed by atoms with Gasteiger partial charge in [-0.05, 0) is 19.3 Å². The van der Waals surface area contributed by atoms with Crippen molar-refractivity contribution < 1.29 is 14.7 Å². The fourth-order valence-corrected chi connectivity index (χ4v) is 2.82. The van der Waals surface area contributed by atoms with Gasteiger partial charge < -0.3 is 9.90 Å². The molecule has 1 fully saturated rings. The van der Waals surface area contributed by atoms with E-state index in [0.717, 1.165) is 6.42 Å². The van der Waals surface area contributed by atoms with Crippen molar-refractivity contribution in [2.45, 2.75) is 31.4 Å². The molecule has 15 heavy (non-hydrogen) atoms. The summed E-state index contributed by atoms with van der Waals surface area (Å²) in [7, 11) is 0. The summed E-state index contributed by atoms with van der Waals surface area (Å²) in [6.45, 7) is 2.32. The monoisotopic (exact) mass is 246 g/mol. The van der Waals surface area contributed by atoms with E-state index < -0.39 is 5.97 Å². The molecule has 1 saturated heterocycles. The van der Waals surface area contributed by atoms with Crippen molar-refractivity contribution in [2.75, 3.05) is 6.54 Å². The number of carbonyl (C=O) groups excluding carboxylic acids is 2. The first-order valence-corrected chi connectivity index (χ1v) is 6.07. The Balaban J connectivity index is 2.44. The lowest BCUT2D eigenvalue weighted by molar-refractivity contribution is -0.305. The first kappa shape index (κ1) is 12.4. The van der Waals surface area contributed by atoms with E-state index in [0.29, 0.717) is 17.3 Å². The quantitative estimate of drug-likeness (QED) is 0.646. The van der Waals surface area contributed by atoms with Gasteiger partial charge in [-0.2, -0.15) is 0 Å². The van der Waals surface area contributed by atoms with E-state index >= 15 is 0 Å². The highest BCUT2D eigenvalue weighted by Crippen LogP contribution is 2.29. The first-order chi connectivity index (χ1) is 7.06. The minimum absolute atomic E-state index is 0.00541. The van der Waals surface area contributed by atoms with Crippen molar-refractivity contribution in [1.82, 2.24) is 4.90 Å². The Labute approximate surface area is 98.0 Å². The van der Waals surface area contributed by atoms with Gasteiger partial charge in [0.25, 0.3) is 0 Å². The Hall–Kier alpha value is -0.620. The average Bonchev–Trinajstić information content (AvgIpc) is 2.44. The summed E-state index contributed by atoms with van der Waals surface area (Å²) in [5.74, 6) is -1.09. The highest BCUT2D eigenvalue weighted by Gasteiger charge is 2.34. The molecule has 1 atom stereocenters. The van der Waals surface area contributed by atoms with E-state index in [4.69, 9.17) is 12.2 Å². The molecular weight excluding hydrogens is 234 g/mol. The topological polar surface area (TPSA) is 60.4 Å². The molecule has 84 valence electrons. The molecule has 0 saturated carbocycles. The molecule has 0 aromatic rings. The van der Waals surface area contributed by atoms with Crippen LogP contribution in [0.2, 0.25) is 0 Å². The van der Waals surface area contributed by atoms with Crippen molar-refractivity contribution >= 4 is 40.2 Å². The van der Waals surface area contributed by atoms with Gasteiger partial charge in [0.05, 0.1) is 5.25 Å². The van der Waals surface area contributed by atoms with Crippen LogP contribution in [0.15, 0.2) is 0 Å². The standard InChI is InChI=1S/C9H13NO3S2/c1-2-6-8(13)10(9(14)15-6)5-3-4-7(11)12/h6H,2-5H2,1H3,(H,11,12)/p-1/t6-/m0/s1. The Morgan fingerprint density at radius 2 is 2.33 bits per heavy atom. The van der Waals surface area contributed by atoms with Gasteiger partial charge in [-0.1, -0.05) is 30.9 Å². The molecule has 0 spiro atoms. The van der Waals surface area contributed by atoms with Crippen LogP contribution in [0.5, 0.6) is 0 Å². The molecule has 0 bridgehead atoms. The fourth-order valence-electron chi connectivity index (χ4n) is 1.34. The molecule has 0 aromatic heterocycles. The van der Waals surface area contributed by atoms with E-state index in [1.54, 1.807) is 0 Å². The van der Waals surface area contributed by atoms with E-state index in [9.17, 15) is 14.7 Å². The van der Waals surface area contributed by atoms with Crippen LogP contribution in [-0.2, 0) is 9.59 Å². The molecular formula is C9H12NO3S2-. The number of nitrogens with zero attached hydrogens (tertiary/aromatic N) is 1. The van der Waals surface area contributed by atoms with Crippen LogP contribution in [-0.4, -0.2) is 32.9 Å². The van der Waals surface area contributed by atoms with E-state index in [-0.39, 0.29) is 17.6 Å². The van der Waals surface area contributed by atoms with Crippen molar-refractivity contribution in [2.24, 2.45) is 0 Å². The van der Waals surface area contributed by atoms with Gasteiger partial charge in [0.2, 0.25) is 5.91 Å². The van der Waals surface area contributed by atoms with E-state index in [2.05, 4.69) is 0 Å². The summed E-state index contributed by atoms with van der Waals surface area (Å²) in [5.41, 5.74) is 0. The number of aliphatic carboxylic acids is 1. The molecule has 0 aliphatic carbocycles. The highest BCUT2D eigenvalue weighted by atomic mass is 32.2. The smallest absolute Gasteiger partial charge is 0.241 e. The number of rotatable bonds is 5. The summed E-state index contributed by atoms with van der Waals surface area (Å²) >= 11 is 6.43. The number of thiocarbonyl (C=S) groups is 1. The molecule has 1 rings (SSSR count). The zero-order chi connectivity index (χ0) is 11.4. The Kier molecular flexibility index (Phi) is 4.53. The van der Waals surface area contributed by atoms with Gasteiger partial charge in [0.1, 0.15) is 4.32 Å². The van der Waals surface area contributed by atoms with Crippen molar-refractivity contribution in [3.63, 3.8) is 0 Å². The summed E-state index contributed by atoms with van der Waals surface area (Å²) < 4.78 is 0.560. The SMILES string of the molecule is CC[C@@H]1SC(=S)N(CCCC(=O)[O-])C1=O. The number of carboxylic acid groups (broad SMARTS) is 1. The third-order valence-corrected chi connectivity index (χ3v) is 3.89. The maximum absolute atomic E-state index is 11.7. The van der Waals surface area contributed by atoms with Crippen LogP contribution >= 0.6 is 24.0 Å². The molecule has 0 N–H and O–H groups in total. The van der Waals surface area contributed by atoms with Crippen molar-refractivity contribution in [3.8, 4) is 0 Å². The summed E-state index contributed by atoms with van der Waals surface area (Å²) in [6, 6.07) is 0. The molecule has 1 heterocycles. The summed E-state index contributed by atoms with van der Waals surface area (Å²) in [6.07, 6.45) is 1.11.